The van der Waals surface area contributed by atoms with E-state index in [-0.39, 0.29) is 17.7 Å². The molecule has 1 aromatic rings. The van der Waals surface area contributed by atoms with E-state index in [2.05, 4.69) is 0 Å². The fourth-order valence-corrected chi connectivity index (χ4v) is 1.88. The molecule has 0 aliphatic heterocycles. The molecule has 0 heterocycles. The molecule has 1 amide bonds. The van der Waals surface area contributed by atoms with Crippen LogP contribution in [0.1, 0.15) is 37.0 Å². The van der Waals surface area contributed by atoms with Gasteiger partial charge >= 0.3 is 0 Å². The predicted octanol–water partition coefficient (Wildman–Crippen LogP) is 2.65. The van der Waals surface area contributed by atoms with Crippen LogP contribution in [0, 0.1) is 5.92 Å². The average Bonchev–Trinajstić information content (AvgIpc) is 3.09. The van der Waals surface area contributed by atoms with Gasteiger partial charge in [0.05, 0.1) is 0 Å². The van der Waals surface area contributed by atoms with Crippen molar-refractivity contribution in [2.24, 2.45) is 5.92 Å². The molecular formula is C14H19NO2. The van der Waals surface area contributed by atoms with Gasteiger partial charge in [0, 0.05) is 18.2 Å². The Balaban J connectivity index is 2.11. The Morgan fingerprint density at radius 3 is 2.41 bits per heavy atom. The predicted molar refractivity (Wildman–Crippen MR) is 67.0 cm³/mol. The first-order valence-corrected chi connectivity index (χ1v) is 6.18. The van der Waals surface area contributed by atoms with Gasteiger partial charge < -0.3 is 10.0 Å². The van der Waals surface area contributed by atoms with Crippen LogP contribution in [0.2, 0.25) is 0 Å². The van der Waals surface area contributed by atoms with Gasteiger partial charge in [-0.25, -0.2) is 0 Å². The summed E-state index contributed by atoms with van der Waals surface area (Å²) in [7, 11) is 0. The lowest BCUT2D eigenvalue weighted by Crippen LogP contribution is -2.38. The first kappa shape index (κ1) is 12.0. The van der Waals surface area contributed by atoms with Gasteiger partial charge in [-0.2, -0.15) is 0 Å². The zero-order chi connectivity index (χ0) is 12.4. The minimum absolute atomic E-state index is 0.0619. The van der Waals surface area contributed by atoms with Crippen molar-refractivity contribution in [1.29, 1.82) is 0 Å². The first-order valence-electron chi connectivity index (χ1n) is 6.18. The van der Waals surface area contributed by atoms with Crippen molar-refractivity contribution in [3.05, 3.63) is 29.8 Å². The van der Waals surface area contributed by atoms with Gasteiger partial charge in [-0.05, 0) is 56.9 Å². The highest BCUT2D eigenvalue weighted by atomic mass is 16.3. The molecule has 3 heteroatoms. The standard InChI is InChI=1S/C14H19NO2/c1-10(2)15(9-11-3-4-11)14(17)12-5-7-13(16)8-6-12/h5-8,10-11,16H,3-4,9H2,1-2H3. The summed E-state index contributed by atoms with van der Waals surface area (Å²) in [6.07, 6.45) is 2.48. The third kappa shape index (κ3) is 2.99. The Hall–Kier alpha value is -1.51. The molecule has 92 valence electrons. The zero-order valence-corrected chi connectivity index (χ0v) is 10.4. The molecule has 17 heavy (non-hydrogen) atoms. The quantitative estimate of drug-likeness (QED) is 0.868. The number of carbonyl (C=O) groups excluding carboxylic acids is 1. The van der Waals surface area contributed by atoms with Crippen LogP contribution in [0.5, 0.6) is 5.75 Å². The number of phenols is 1. The van der Waals surface area contributed by atoms with Gasteiger partial charge in [-0.1, -0.05) is 0 Å². The van der Waals surface area contributed by atoms with Crippen LogP contribution < -0.4 is 0 Å². The van der Waals surface area contributed by atoms with Gasteiger partial charge in [0.15, 0.2) is 0 Å². The van der Waals surface area contributed by atoms with Crippen LogP contribution in [-0.2, 0) is 0 Å². The lowest BCUT2D eigenvalue weighted by atomic mass is 10.1. The van der Waals surface area contributed by atoms with Crippen molar-refractivity contribution in [2.45, 2.75) is 32.7 Å². The summed E-state index contributed by atoms with van der Waals surface area (Å²) >= 11 is 0. The number of hydrogen-bond donors (Lipinski definition) is 1. The van der Waals surface area contributed by atoms with Crippen molar-refractivity contribution in [1.82, 2.24) is 4.90 Å². The number of hydrogen-bond acceptors (Lipinski definition) is 2. The van der Waals surface area contributed by atoms with Crippen molar-refractivity contribution in [3.63, 3.8) is 0 Å². The molecule has 0 bridgehead atoms. The normalized spacial score (nSPS) is 15.0. The highest BCUT2D eigenvalue weighted by molar-refractivity contribution is 5.94. The summed E-state index contributed by atoms with van der Waals surface area (Å²) in [5, 5.41) is 9.22. The summed E-state index contributed by atoms with van der Waals surface area (Å²) in [4.78, 5) is 14.2. The van der Waals surface area contributed by atoms with Crippen LogP contribution in [0.15, 0.2) is 24.3 Å². The highest BCUT2D eigenvalue weighted by Gasteiger charge is 2.28. The number of carbonyl (C=O) groups is 1. The largest absolute Gasteiger partial charge is 0.508 e. The molecule has 3 nitrogen and oxygen atoms in total. The molecule has 1 fully saturated rings. The van der Waals surface area contributed by atoms with Crippen molar-refractivity contribution in [3.8, 4) is 5.75 Å². The third-order valence-corrected chi connectivity index (χ3v) is 3.15. The summed E-state index contributed by atoms with van der Waals surface area (Å²) in [5.41, 5.74) is 0.650. The maximum absolute atomic E-state index is 12.3. The number of rotatable bonds is 4. The van der Waals surface area contributed by atoms with Crippen molar-refractivity contribution in [2.75, 3.05) is 6.54 Å². The Morgan fingerprint density at radius 1 is 1.35 bits per heavy atom. The number of benzene rings is 1. The molecule has 0 aromatic heterocycles. The smallest absolute Gasteiger partial charge is 0.254 e. The van der Waals surface area contributed by atoms with E-state index in [9.17, 15) is 9.90 Å². The van der Waals surface area contributed by atoms with Crippen LogP contribution in [-0.4, -0.2) is 28.5 Å². The monoisotopic (exact) mass is 233 g/mol. The topological polar surface area (TPSA) is 40.5 Å². The lowest BCUT2D eigenvalue weighted by molar-refractivity contribution is 0.0696. The molecule has 0 spiro atoms. The van der Waals surface area contributed by atoms with E-state index >= 15 is 0 Å². The van der Waals surface area contributed by atoms with Crippen LogP contribution in [0.4, 0.5) is 0 Å². The zero-order valence-electron chi connectivity index (χ0n) is 10.4. The van der Waals surface area contributed by atoms with Gasteiger partial charge in [0.25, 0.3) is 5.91 Å². The summed E-state index contributed by atoms with van der Waals surface area (Å²) in [6, 6.07) is 6.70. The Labute approximate surface area is 102 Å². The van der Waals surface area contributed by atoms with Crippen LogP contribution >= 0.6 is 0 Å². The van der Waals surface area contributed by atoms with Crippen LogP contribution in [0.25, 0.3) is 0 Å². The Kier molecular flexibility index (Phi) is 3.36. The fraction of sp³-hybridized carbons (Fsp3) is 0.500. The van der Waals surface area contributed by atoms with Gasteiger partial charge in [0.1, 0.15) is 5.75 Å². The molecule has 1 aromatic carbocycles. The average molecular weight is 233 g/mol. The molecule has 1 aliphatic carbocycles. The molecule has 1 saturated carbocycles. The van der Waals surface area contributed by atoms with Crippen molar-refractivity contribution >= 4 is 5.91 Å². The number of amides is 1. The molecule has 0 saturated heterocycles. The molecule has 0 radical (unpaired) electrons. The maximum Gasteiger partial charge on any atom is 0.254 e. The maximum atomic E-state index is 12.3. The highest BCUT2D eigenvalue weighted by Crippen LogP contribution is 2.30. The molecule has 1 aliphatic rings. The van der Waals surface area contributed by atoms with E-state index in [1.54, 1.807) is 24.3 Å². The molecule has 0 unspecified atom stereocenters. The molecular weight excluding hydrogens is 214 g/mol. The van der Waals surface area contributed by atoms with E-state index in [1.807, 2.05) is 18.7 Å². The Bertz CT molecular complexity index is 393. The molecule has 1 N–H and O–H groups in total. The van der Waals surface area contributed by atoms with Gasteiger partial charge in [0.2, 0.25) is 0 Å². The van der Waals surface area contributed by atoms with E-state index in [0.29, 0.717) is 11.5 Å². The second-order valence-corrected chi connectivity index (χ2v) is 5.04. The van der Waals surface area contributed by atoms with E-state index in [1.165, 1.54) is 12.8 Å². The minimum Gasteiger partial charge on any atom is -0.508 e. The van der Waals surface area contributed by atoms with E-state index in [0.717, 1.165) is 6.54 Å². The van der Waals surface area contributed by atoms with Gasteiger partial charge in [-0.3, -0.25) is 4.79 Å². The fourth-order valence-electron chi connectivity index (χ4n) is 1.88. The van der Waals surface area contributed by atoms with Crippen LogP contribution in [0.3, 0.4) is 0 Å². The third-order valence-electron chi connectivity index (χ3n) is 3.15. The molecule has 0 atom stereocenters. The number of nitrogens with zero attached hydrogens (tertiary/aromatic N) is 1. The SMILES string of the molecule is CC(C)N(CC1CC1)C(=O)c1ccc(O)cc1. The van der Waals surface area contributed by atoms with Crippen molar-refractivity contribution < 1.29 is 9.90 Å². The lowest BCUT2D eigenvalue weighted by Gasteiger charge is -2.27. The van der Waals surface area contributed by atoms with E-state index < -0.39 is 0 Å². The summed E-state index contributed by atoms with van der Waals surface area (Å²) in [6.45, 7) is 4.94. The second kappa shape index (κ2) is 4.78. The second-order valence-electron chi connectivity index (χ2n) is 5.04. The minimum atomic E-state index is 0.0619. The first-order chi connectivity index (χ1) is 8.08. The number of phenolic OH excluding ortho intramolecular Hbond substituents is 1. The number of aromatic hydroxyl groups is 1. The molecule has 2 rings (SSSR count). The summed E-state index contributed by atoms with van der Waals surface area (Å²) < 4.78 is 0. The Morgan fingerprint density at radius 2 is 1.94 bits per heavy atom. The summed E-state index contributed by atoms with van der Waals surface area (Å²) in [5.74, 6) is 0.949. The van der Waals surface area contributed by atoms with E-state index in [4.69, 9.17) is 0 Å². The van der Waals surface area contributed by atoms with Gasteiger partial charge in [-0.15, -0.1) is 0 Å².